The molecular formula is C35H29FN2O5. The third-order valence-corrected chi connectivity index (χ3v) is 6.70. The molecule has 1 saturated heterocycles. The summed E-state index contributed by atoms with van der Waals surface area (Å²) in [6.07, 6.45) is 3.57. The molecule has 0 N–H and O–H groups in total. The molecule has 43 heavy (non-hydrogen) atoms. The van der Waals surface area contributed by atoms with Crippen molar-refractivity contribution in [3.8, 4) is 11.5 Å². The van der Waals surface area contributed by atoms with Crippen LogP contribution in [0.4, 0.5) is 20.6 Å². The third kappa shape index (κ3) is 6.23. The number of carbonyl (C=O) groups excluding carboxylic acids is 3. The first-order chi connectivity index (χ1) is 20.9. The number of hydrogen-bond acceptors (Lipinski definition) is 5. The maximum atomic E-state index is 13.8. The Bertz CT molecular complexity index is 1620. The number of hydrogen-bond donors (Lipinski definition) is 0. The number of imide groups is 2. The van der Waals surface area contributed by atoms with E-state index in [9.17, 15) is 18.8 Å². The van der Waals surface area contributed by atoms with Gasteiger partial charge in [-0.15, -0.1) is 6.58 Å². The molecule has 1 heterocycles. The Balaban J connectivity index is 1.59. The van der Waals surface area contributed by atoms with Crippen LogP contribution in [0.25, 0.3) is 6.08 Å². The Morgan fingerprint density at radius 2 is 1.37 bits per heavy atom. The average molecular weight is 577 g/mol. The molecule has 0 radical (unpaired) electrons. The van der Waals surface area contributed by atoms with E-state index in [1.807, 2.05) is 6.92 Å². The topological polar surface area (TPSA) is 76.2 Å². The molecule has 5 rings (SSSR count). The number of urea groups is 1. The number of allylic oxidation sites excluding steroid dienone is 1. The van der Waals surface area contributed by atoms with E-state index in [4.69, 9.17) is 9.47 Å². The fourth-order valence-corrected chi connectivity index (χ4v) is 4.74. The molecular weight excluding hydrogens is 547 g/mol. The molecule has 4 aromatic rings. The number of rotatable bonds is 10. The number of benzene rings is 4. The number of nitrogens with zero attached hydrogens (tertiary/aromatic N) is 2. The Hall–Kier alpha value is -5.50. The van der Waals surface area contributed by atoms with Gasteiger partial charge < -0.3 is 9.47 Å². The van der Waals surface area contributed by atoms with Crippen LogP contribution in [0.3, 0.4) is 0 Å². The van der Waals surface area contributed by atoms with E-state index in [1.54, 1.807) is 91.0 Å². The zero-order chi connectivity index (χ0) is 30.3. The van der Waals surface area contributed by atoms with Crippen LogP contribution in [0.1, 0.15) is 23.6 Å². The first kappa shape index (κ1) is 29.0. The first-order valence-corrected chi connectivity index (χ1v) is 13.7. The van der Waals surface area contributed by atoms with Crippen molar-refractivity contribution < 1.29 is 28.2 Å². The number of ether oxygens (including phenoxy) is 2. The standard InChI is InChI=1S/C35H29FN2O5/c1-3-11-26-20-25(22-31(42-4-2)32(26)43-23-24-16-18-27(36)19-17-24)21-30-33(39)37(28-12-7-5-8-13-28)35(41)38(34(30)40)29-14-9-6-10-15-29/h3,5-10,12-22H,1,4,11,23H2,2H3. The van der Waals surface area contributed by atoms with E-state index in [-0.39, 0.29) is 18.0 Å². The second kappa shape index (κ2) is 13.0. The van der Waals surface area contributed by atoms with E-state index < -0.39 is 17.8 Å². The van der Waals surface area contributed by atoms with Crippen molar-refractivity contribution in [2.45, 2.75) is 20.0 Å². The van der Waals surface area contributed by atoms with Gasteiger partial charge in [-0.1, -0.05) is 54.6 Å². The summed E-state index contributed by atoms with van der Waals surface area (Å²) in [5.74, 6) is -0.945. The molecule has 1 aliphatic rings. The van der Waals surface area contributed by atoms with Crippen LogP contribution in [0.2, 0.25) is 0 Å². The summed E-state index contributed by atoms with van der Waals surface area (Å²) >= 11 is 0. The van der Waals surface area contributed by atoms with Crippen LogP contribution in [-0.2, 0) is 22.6 Å². The largest absolute Gasteiger partial charge is 0.490 e. The minimum Gasteiger partial charge on any atom is -0.490 e. The monoisotopic (exact) mass is 576 g/mol. The lowest BCUT2D eigenvalue weighted by molar-refractivity contribution is -0.121. The van der Waals surface area contributed by atoms with E-state index in [1.165, 1.54) is 18.2 Å². The fourth-order valence-electron chi connectivity index (χ4n) is 4.74. The minimum absolute atomic E-state index is 0.169. The van der Waals surface area contributed by atoms with Gasteiger partial charge in [-0.2, -0.15) is 0 Å². The molecule has 0 saturated carbocycles. The van der Waals surface area contributed by atoms with Gasteiger partial charge in [-0.3, -0.25) is 9.59 Å². The van der Waals surface area contributed by atoms with Gasteiger partial charge in [0.05, 0.1) is 18.0 Å². The van der Waals surface area contributed by atoms with Crippen LogP contribution < -0.4 is 19.3 Å². The molecule has 4 amide bonds. The van der Waals surface area contributed by atoms with E-state index >= 15 is 0 Å². The molecule has 1 aliphatic heterocycles. The van der Waals surface area contributed by atoms with Gasteiger partial charge >= 0.3 is 6.03 Å². The molecule has 1 fully saturated rings. The molecule has 7 nitrogen and oxygen atoms in total. The molecule has 0 aliphatic carbocycles. The van der Waals surface area contributed by atoms with Crippen molar-refractivity contribution in [2.24, 2.45) is 0 Å². The predicted octanol–water partition coefficient (Wildman–Crippen LogP) is 7.12. The van der Waals surface area contributed by atoms with Gasteiger partial charge in [-0.25, -0.2) is 19.0 Å². The lowest BCUT2D eigenvalue weighted by Gasteiger charge is -2.34. The van der Waals surface area contributed by atoms with E-state index in [0.29, 0.717) is 47.0 Å². The zero-order valence-electron chi connectivity index (χ0n) is 23.5. The van der Waals surface area contributed by atoms with Crippen molar-refractivity contribution >= 4 is 35.3 Å². The molecule has 0 spiro atoms. The highest BCUT2D eigenvalue weighted by molar-refractivity contribution is 6.46. The van der Waals surface area contributed by atoms with E-state index in [0.717, 1.165) is 15.4 Å². The molecule has 0 bridgehead atoms. The van der Waals surface area contributed by atoms with Crippen LogP contribution >= 0.6 is 0 Å². The molecule has 0 atom stereocenters. The lowest BCUT2D eigenvalue weighted by atomic mass is 10.0. The van der Waals surface area contributed by atoms with Crippen molar-refractivity contribution in [2.75, 3.05) is 16.4 Å². The van der Waals surface area contributed by atoms with Crippen LogP contribution in [0, 0.1) is 5.82 Å². The average Bonchev–Trinajstić information content (AvgIpc) is 3.01. The number of barbiturate groups is 1. The Kier molecular flexibility index (Phi) is 8.77. The smallest absolute Gasteiger partial charge is 0.343 e. The first-order valence-electron chi connectivity index (χ1n) is 13.7. The van der Waals surface area contributed by atoms with Gasteiger partial charge in [0.15, 0.2) is 11.5 Å². The number of halogens is 1. The Labute approximate surface area is 249 Å². The zero-order valence-corrected chi connectivity index (χ0v) is 23.5. The molecule has 0 unspecified atom stereocenters. The summed E-state index contributed by atoms with van der Waals surface area (Å²) in [7, 11) is 0. The Morgan fingerprint density at radius 3 is 1.91 bits per heavy atom. The molecule has 0 aromatic heterocycles. The van der Waals surface area contributed by atoms with Gasteiger partial charge in [0.1, 0.15) is 18.0 Å². The number of para-hydroxylation sites is 2. The van der Waals surface area contributed by atoms with Gasteiger partial charge in [0, 0.05) is 5.56 Å². The predicted molar refractivity (Wildman–Crippen MR) is 163 cm³/mol. The highest BCUT2D eigenvalue weighted by Crippen LogP contribution is 2.36. The van der Waals surface area contributed by atoms with Crippen molar-refractivity contribution in [3.05, 3.63) is 138 Å². The number of carbonyl (C=O) groups is 3. The normalized spacial score (nSPS) is 13.3. The molecule has 216 valence electrons. The number of amides is 4. The summed E-state index contributed by atoms with van der Waals surface area (Å²) < 4.78 is 25.4. The van der Waals surface area contributed by atoms with E-state index in [2.05, 4.69) is 6.58 Å². The number of anilines is 2. The maximum Gasteiger partial charge on any atom is 0.343 e. The summed E-state index contributed by atoms with van der Waals surface area (Å²) in [4.78, 5) is 43.2. The molecule has 4 aromatic carbocycles. The van der Waals surface area contributed by atoms with Crippen LogP contribution in [-0.4, -0.2) is 24.5 Å². The third-order valence-electron chi connectivity index (χ3n) is 6.70. The van der Waals surface area contributed by atoms with Crippen LogP contribution in [0.15, 0.2) is 115 Å². The summed E-state index contributed by atoms with van der Waals surface area (Å²) in [5, 5.41) is 0. The van der Waals surface area contributed by atoms with Gasteiger partial charge in [0.2, 0.25) is 0 Å². The quantitative estimate of drug-likeness (QED) is 0.114. The van der Waals surface area contributed by atoms with Crippen molar-refractivity contribution in [3.63, 3.8) is 0 Å². The van der Waals surface area contributed by atoms with Gasteiger partial charge in [-0.05, 0) is 79.1 Å². The molecule has 8 heteroatoms. The summed E-state index contributed by atoms with van der Waals surface area (Å²) in [6, 6.07) is 25.6. The summed E-state index contributed by atoms with van der Waals surface area (Å²) in [6.45, 7) is 6.18. The second-order valence-corrected chi connectivity index (χ2v) is 9.64. The minimum atomic E-state index is -0.767. The Morgan fingerprint density at radius 1 is 0.791 bits per heavy atom. The lowest BCUT2D eigenvalue weighted by Crippen LogP contribution is -2.57. The maximum absolute atomic E-state index is 13.8. The fraction of sp³-hybridized carbons (Fsp3) is 0.114. The van der Waals surface area contributed by atoms with Crippen molar-refractivity contribution in [1.82, 2.24) is 0 Å². The SMILES string of the molecule is C=CCc1cc(C=C2C(=O)N(c3ccccc3)C(=O)N(c3ccccc3)C2=O)cc(OCC)c1OCc1ccc(F)cc1. The van der Waals surface area contributed by atoms with Gasteiger partial charge in [0.25, 0.3) is 11.8 Å². The van der Waals surface area contributed by atoms with Crippen LogP contribution in [0.5, 0.6) is 11.5 Å². The second-order valence-electron chi connectivity index (χ2n) is 9.64. The van der Waals surface area contributed by atoms with Crippen molar-refractivity contribution in [1.29, 1.82) is 0 Å². The highest BCUT2D eigenvalue weighted by Gasteiger charge is 2.43. The summed E-state index contributed by atoms with van der Waals surface area (Å²) in [5.41, 5.74) is 2.46. The highest BCUT2D eigenvalue weighted by atomic mass is 19.1.